The summed E-state index contributed by atoms with van der Waals surface area (Å²) in [6, 6.07) is 11.9. The standard InChI is InChI=1S/C30H34Cl2F3N5O2/c1-3-12-29(19(2)41)13-11-24(26(17-29)39-23-6-4-5-22(32)16-23)25(36)18-38-28(42)40(15-14-30(33,34)35)27(37)20-7-9-21(31)10-8-20/h4-10,16,37H,3,11-15,17-18,36H2,1-2H3,(H,38,42)/b25-24-,37-27?,39-26?. The molecule has 0 bridgehead atoms. The molecule has 1 saturated carbocycles. The number of alkyl halides is 3. The molecule has 0 heterocycles. The van der Waals surface area contributed by atoms with E-state index in [1.54, 1.807) is 31.2 Å². The number of carbonyl (C=O) groups is 2. The fourth-order valence-corrected chi connectivity index (χ4v) is 5.35. The van der Waals surface area contributed by atoms with Gasteiger partial charge in [0, 0.05) is 45.4 Å². The first-order valence-electron chi connectivity index (χ1n) is 13.5. The zero-order valence-corrected chi connectivity index (χ0v) is 25.0. The lowest BCUT2D eigenvalue weighted by Crippen LogP contribution is -2.46. The second kappa shape index (κ2) is 14.2. The van der Waals surface area contributed by atoms with E-state index in [-0.39, 0.29) is 23.6 Å². The van der Waals surface area contributed by atoms with Crippen LogP contribution in [0.25, 0.3) is 0 Å². The fraction of sp³-hybridized carbons (Fsp3) is 0.400. The number of amides is 2. The summed E-state index contributed by atoms with van der Waals surface area (Å²) in [5, 5.41) is 11.9. The van der Waals surface area contributed by atoms with Crippen molar-refractivity contribution in [3.63, 3.8) is 0 Å². The van der Waals surface area contributed by atoms with Crippen LogP contribution in [0, 0.1) is 10.8 Å². The highest BCUT2D eigenvalue weighted by Gasteiger charge is 2.40. The molecule has 2 amide bonds. The highest BCUT2D eigenvalue weighted by Crippen LogP contribution is 2.43. The monoisotopic (exact) mass is 623 g/mol. The lowest BCUT2D eigenvalue weighted by molar-refractivity contribution is -0.135. The van der Waals surface area contributed by atoms with Crippen molar-refractivity contribution in [2.24, 2.45) is 16.1 Å². The van der Waals surface area contributed by atoms with Crippen molar-refractivity contribution in [3.8, 4) is 0 Å². The Balaban J connectivity index is 1.89. The van der Waals surface area contributed by atoms with Gasteiger partial charge < -0.3 is 11.1 Å². The number of urea groups is 1. The topological polar surface area (TPSA) is 112 Å². The summed E-state index contributed by atoms with van der Waals surface area (Å²) in [5.74, 6) is -0.346. The van der Waals surface area contributed by atoms with E-state index in [0.29, 0.717) is 52.7 Å². The highest BCUT2D eigenvalue weighted by atomic mass is 35.5. The predicted octanol–water partition coefficient (Wildman–Crippen LogP) is 7.83. The SMILES string of the molecule is CCCC1(C(C)=O)CC/C(=C(/N)CNC(=O)N(CCC(F)(F)F)C(=N)c2ccc(Cl)cc2)C(=Nc2cccc(Cl)c2)C1. The molecule has 7 nitrogen and oxygen atoms in total. The van der Waals surface area contributed by atoms with Crippen LogP contribution in [0.4, 0.5) is 23.7 Å². The lowest BCUT2D eigenvalue weighted by atomic mass is 9.66. The minimum Gasteiger partial charge on any atom is -0.400 e. The maximum atomic E-state index is 13.1. The summed E-state index contributed by atoms with van der Waals surface area (Å²) in [7, 11) is 0. The maximum Gasteiger partial charge on any atom is 0.390 e. The minimum atomic E-state index is -4.53. The summed E-state index contributed by atoms with van der Waals surface area (Å²) in [4.78, 5) is 31.4. The van der Waals surface area contributed by atoms with E-state index >= 15 is 0 Å². The van der Waals surface area contributed by atoms with Crippen LogP contribution in [0.15, 0.2) is 64.8 Å². The molecule has 42 heavy (non-hydrogen) atoms. The van der Waals surface area contributed by atoms with Crippen molar-refractivity contribution >= 4 is 52.3 Å². The van der Waals surface area contributed by atoms with Crippen LogP contribution in [-0.4, -0.2) is 47.5 Å². The van der Waals surface area contributed by atoms with E-state index in [0.717, 1.165) is 11.3 Å². The van der Waals surface area contributed by atoms with Crippen molar-refractivity contribution in [3.05, 3.63) is 75.4 Å². The average Bonchev–Trinajstić information content (AvgIpc) is 2.91. The van der Waals surface area contributed by atoms with Gasteiger partial charge in [-0.2, -0.15) is 13.2 Å². The molecule has 0 aromatic heterocycles. The van der Waals surface area contributed by atoms with Gasteiger partial charge in [-0.15, -0.1) is 0 Å². The van der Waals surface area contributed by atoms with Crippen molar-refractivity contribution < 1.29 is 22.8 Å². The number of amidine groups is 1. The number of ketones is 1. The van der Waals surface area contributed by atoms with Gasteiger partial charge in [-0.3, -0.25) is 20.1 Å². The summed E-state index contributed by atoms with van der Waals surface area (Å²) in [5.41, 5.74) is 8.21. The normalized spacial score (nSPS) is 19.4. The van der Waals surface area contributed by atoms with Gasteiger partial charge in [-0.05, 0) is 74.2 Å². The lowest BCUT2D eigenvalue weighted by Gasteiger charge is -2.37. The second-order valence-electron chi connectivity index (χ2n) is 10.3. The zero-order valence-electron chi connectivity index (χ0n) is 23.5. The van der Waals surface area contributed by atoms with Crippen LogP contribution >= 0.6 is 23.2 Å². The number of rotatable bonds is 9. The summed E-state index contributed by atoms with van der Waals surface area (Å²) in [6.45, 7) is 2.64. The summed E-state index contributed by atoms with van der Waals surface area (Å²) in [6.07, 6.45) is -3.01. The van der Waals surface area contributed by atoms with Crippen LogP contribution in [0.3, 0.4) is 0 Å². The van der Waals surface area contributed by atoms with Crippen molar-refractivity contribution in [2.75, 3.05) is 13.1 Å². The van der Waals surface area contributed by atoms with E-state index in [2.05, 4.69) is 5.32 Å². The number of allylic oxidation sites excluding steroid dienone is 1. The quantitative estimate of drug-likeness (QED) is 0.195. The largest absolute Gasteiger partial charge is 0.400 e. The van der Waals surface area contributed by atoms with Crippen molar-refractivity contribution in [1.82, 2.24) is 10.2 Å². The molecule has 0 spiro atoms. The Morgan fingerprint density at radius 3 is 2.43 bits per heavy atom. The summed E-state index contributed by atoms with van der Waals surface area (Å²) < 4.78 is 39.2. The minimum absolute atomic E-state index is 0.0649. The van der Waals surface area contributed by atoms with Gasteiger partial charge >= 0.3 is 12.2 Å². The first-order valence-corrected chi connectivity index (χ1v) is 14.3. The molecule has 2 aromatic rings. The molecule has 226 valence electrons. The Bertz CT molecular complexity index is 1380. The van der Waals surface area contributed by atoms with Crippen LogP contribution in [0.5, 0.6) is 0 Å². The predicted molar refractivity (Wildman–Crippen MR) is 161 cm³/mol. The molecule has 1 atom stereocenters. The van der Waals surface area contributed by atoms with E-state index < -0.39 is 36.4 Å². The molecule has 0 saturated heterocycles. The molecular weight excluding hydrogens is 590 g/mol. The Morgan fingerprint density at radius 1 is 1.14 bits per heavy atom. The Labute approximate surface area is 253 Å². The van der Waals surface area contributed by atoms with Crippen molar-refractivity contribution in [2.45, 2.75) is 58.5 Å². The fourth-order valence-electron chi connectivity index (χ4n) is 5.04. The maximum absolute atomic E-state index is 13.1. The summed E-state index contributed by atoms with van der Waals surface area (Å²) >= 11 is 12.1. The zero-order chi connectivity index (χ0) is 31.1. The number of hydrogen-bond acceptors (Lipinski definition) is 5. The molecule has 0 aliphatic heterocycles. The van der Waals surface area contributed by atoms with Gasteiger partial charge in [0.2, 0.25) is 0 Å². The average molecular weight is 625 g/mol. The van der Waals surface area contributed by atoms with Gasteiger partial charge in [0.1, 0.15) is 11.6 Å². The van der Waals surface area contributed by atoms with E-state index in [1.807, 2.05) is 6.92 Å². The van der Waals surface area contributed by atoms with Gasteiger partial charge in [0.15, 0.2) is 0 Å². The first-order chi connectivity index (χ1) is 19.7. The number of carbonyl (C=O) groups excluding carboxylic acids is 2. The molecule has 2 aromatic carbocycles. The Kier molecular flexibility index (Phi) is 11.2. The molecule has 4 N–H and O–H groups in total. The number of nitrogens with one attached hydrogen (secondary N) is 2. The second-order valence-corrected chi connectivity index (χ2v) is 11.2. The van der Waals surface area contributed by atoms with Gasteiger partial charge in [0.05, 0.1) is 18.7 Å². The molecule has 12 heteroatoms. The van der Waals surface area contributed by atoms with Crippen LogP contribution in [0.1, 0.15) is 57.9 Å². The van der Waals surface area contributed by atoms with Crippen LogP contribution in [0.2, 0.25) is 10.0 Å². The molecular formula is C30H34Cl2F3N5O2. The molecule has 1 unspecified atom stereocenters. The first kappa shape index (κ1) is 33.1. The number of Topliss-reactive ketones (excluding diaryl/α,β-unsaturated/α-hetero) is 1. The smallest absolute Gasteiger partial charge is 0.390 e. The molecule has 1 aliphatic carbocycles. The third-order valence-electron chi connectivity index (χ3n) is 7.32. The number of halogens is 5. The van der Waals surface area contributed by atoms with E-state index in [9.17, 15) is 22.8 Å². The van der Waals surface area contributed by atoms with Gasteiger partial charge in [0.25, 0.3) is 0 Å². The molecule has 0 radical (unpaired) electrons. The van der Waals surface area contributed by atoms with E-state index in [4.69, 9.17) is 39.3 Å². The Hall–Kier alpha value is -3.37. The number of nitrogens with two attached hydrogens (primary N) is 1. The van der Waals surface area contributed by atoms with Gasteiger partial charge in [-0.25, -0.2) is 4.79 Å². The number of benzene rings is 2. The Morgan fingerprint density at radius 2 is 1.83 bits per heavy atom. The third-order valence-corrected chi connectivity index (χ3v) is 7.81. The highest BCUT2D eigenvalue weighted by molar-refractivity contribution is 6.31. The molecule has 1 aliphatic rings. The van der Waals surface area contributed by atoms with Crippen molar-refractivity contribution in [1.29, 1.82) is 5.41 Å². The van der Waals surface area contributed by atoms with Crippen LogP contribution in [-0.2, 0) is 4.79 Å². The number of hydrogen-bond donors (Lipinski definition) is 3. The molecule has 1 fully saturated rings. The van der Waals surface area contributed by atoms with E-state index in [1.165, 1.54) is 24.3 Å². The number of aliphatic imine (C=N–C) groups is 1. The third kappa shape index (κ3) is 8.82. The molecule has 3 rings (SSSR count). The van der Waals surface area contributed by atoms with Crippen LogP contribution < -0.4 is 11.1 Å². The number of nitrogens with zero attached hydrogens (tertiary/aromatic N) is 2. The van der Waals surface area contributed by atoms with Gasteiger partial charge in [-0.1, -0.05) is 42.6 Å².